The van der Waals surface area contributed by atoms with E-state index in [9.17, 15) is 4.79 Å². The Kier molecular flexibility index (Phi) is 5.40. The first-order chi connectivity index (χ1) is 7.24. The zero-order valence-electron chi connectivity index (χ0n) is 9.67. The van der Waals surface area contributed by atoms with E-state index in [1.54, 1.807) is 0 Å². The van der Waals surface area contributed by atoms with E-state index in [2.05, 4.69) is 13.0 Å². The highest BCUT2D eigenvalue weighted by Crippen LogP contribution is 2.11. The minimum Gasteiger partial charge on any atom is -0.338 e. The monoisotopic (exact) mass is 210 g/mol. The van der Waals surface area contributed by atoms with Gasteiger partial charge in [-0.3, -0.25) is 4.79 Å². The number of hydrogen-bond donors (Lipinski definition) is 1. The molecule has 0 aromatic carbocycles. The third-order valence-corrected chi connectivity index (χ3v) is 2.78. The molecule has 0 atom stereocenters. The Morgan fingerprint density at radius 1 is 1.47 bits per heavy atom. The van der Waals surface area contributed by atoms with Gasteiger partial charge in [0.1, 0.15) is 0 Å². The fourth-order valence-corrected chi connectivity index (χ4v) is 1.88. The third-order valence-electron chi connectivity index (χ3n) is 2.78. The molecule has 0 spiro atoms. The van der Waals surface area contributed by atoms with Gasteiger partial charge in [0.05, 0.1) is 0 Å². The van der Waals surface area contributed by atoms with Gasteiger partial charge in [0.25, 0.3) is 0 Å². The van der Waals surface area contributed by atoms with Gasteiger partial charge < -0.3 is 10.6 Å². The molecule has 3 heteroatoms. The van der Waals surface area contributed by atoms with E-state index in [0.29, 0.717) is 12.3 Å². The first-order valence-corrected chi connectivity index (χ1v) is 5.87. The van der Waals surface area contributed by atoms with Crippen LogP contribution in [0.3, 0.4) is 0 Å². The zero-order chi connectivity index (χ0) is 11.1. The van der Waals surface area contributed by atoms with Crippen molar-refractivity contribution in [2.45, 2.75) is 39.0 Å². The van der Waals surface area contributed by atoms with Crippen LogP contribution in [0.1, 0.15) is 39.0 Å². The quantitative estimate of drug-likeness (QED) is 0.554. The number of nitrogens with zero attached hydrogens (tertiary/aromatic N) is 1. The van der Waals surface area contributed by atoms with Crippen molar-refractivity contribution in [1.29, 1.82) is 0 Å². The molecular formula is C12H22N2O. The highest BCUT2D eigenvalue weighted by Gasteiger charge is 2.15. The number of amides is 1. The Hall–Kier alpha value is -0.830. The summed E-state index contributed by atoms with van der Waals surface area (Å²) < 4.78 is 0. The molecule has 0 aliphatic carbocycles. The summed E-state index contributed by atoms with van der Waals surface area (Å²) >= 11 is 0. The van der Waals surface area contributed by atoms with Crippen molar-refractivity contribution >= 4 is 5.91 Å². The number of rotatable bonds is 5. The maximum atomic E-state index is 11.8. The molecule has 2 N–H and O–H groups in total. The lowest BCUT2D eigenvalue weighted by molar-refractivity contribution is -0.131. The summed E-state index contributed by atoms with van der Waals surface area (Å²) in [6, 6.07) is 0. The molecule has 1 aliphatic heterocycles. The fraction of sp³-hybridized carbons (Fsp3) is 0.750. The Morgan fingerprint density at radius 3 is 2.93 bits per heavy atom. The molecule has 0 unspecified atom stereocenters. The van der Waals surface area contributed by atoms with Crippen LogP contribution < -0.4 is 5.73 Å². The second-order valence-electron chi connectivity index (χ2n) is 4.25. The van der Waals surface area contributed by atoms with E-state index in [-0.39, 0.29) is 0 Å². The molecule has 3 nitrogen and oxygen atoms in total. The van der Waals surface area contributed by atoms with Crippen molar-refractivity contribution in [2.75, 3.05) is 19.6 Å². The van der Waals surface area contributed by atoms with Crippen LogP contribution in [0.4, 0.5) is 0 Å². The summed E-state index contributed by atoms with van der Waals surface area (Å²) in [6.45, 7) is 4.55. The average Bonchev–Trinajstić information content (AvgIpc) is 2.24. The van der Waals surface area contributed by atoms with Crippen LogP contribution in [0.2, 0.25) is 0 Å². The predicted octanol–water partition coefficient (Wildman–Crippen LogP) is 1.68. The first-order valence-electron chi connectivity index (χ1n) is 5.87. The summed E-state index contributed by atoms with van der Waals surface area (Å²) in [4.78, 5) is 13.7. The van der Waals surface area contributed by atoms with E-state index in [0.717, 1.165) is 45.3 Å². The number of hydrogen-bond acceptors (Lipinski definition) is 2. The Balaban J connectivity index is 2.19. The molecule has 0 saturated heterocycles. The van der Waals surface area contributed by atoms with E-state index < -0.39 is 0 Å². The third kappa shape index (κ3) is 4.47. The number of unbranched alkanes of at least 4 members (excludes halogenated alkanes) is 2. The van der Waals surface area contributed by atoms with Gasteiger partial charge >= 0.3 is 0 Å². The van der Waals surface area contributed by atoms with Gasteiger partial charge in [0, 0.05) is 19.5 Å². The van der Waals surface area contributed by atoms with E-state index in [1.165, 1.54) is 5.57 Å². The molecule has 1 aliphatic rings. The summed E-state index contributed by atoms with van der Waals surface area (Å²) in [7, 11) is 0. The Bertz CT molecular complexity index is 236. The van der Waals surface area contributed by atoms with Crippen molar-refractivity contribution in [3.05, 3.63) is 11.6 Å². The molecule has 0 aromatic heterocycles. The van der Waals surface area contributed by atoms with Crippen LogP contribution in [-0.4, -0.2) is 30.4 Å². The van der Waals surface area contributed by atoms with E-state index in [4.69, 9.17) is 5.73 Å². The van der Waals surface area contributed by atoms with Crippen LogP contribution in [0.5, 0.6) is 0 Å². The Morgan fingerprint density at radius 2 is 2.27 bits per heavy atom. The number of carbonyl (C=O) groups excluding carboxylic acids is 1. The van der Waals surface area contributed by atoms with Gasteiger partial charge in [-0.25, -0.2) is 0 Å². The first kappa shape index (κ1) is 12.2. The molecule has 0 bridgehead atoms. The van der Waals surface area contributed by atoms with E-state index >= 15 is 0 Å². The summed E-state index contributed by atoms with van der Waals surface area (Å²) in [6.07, 6.45) is 7.01. The second-order valence-corrected chi connectivity index (χ2v) is 4.25. The standard InChI is InChI=1S/C12H22N2O/c1-11-6-5-9-14(10-11)12(15)7-3-2-4-8-13/h6H,2-5,7-10,13H2,1H3. The lowest BCUT2D eigenvalue weighted by atomic mass is 10.1. The molecule has 1 amide bonds. The van der Waals surface area contributed by atoms with Gasteiger partial charge in [-0.1, -0.05) is 18.1 Å². The second kappa shape index (κ2) is 6.62. The summed E-state index contributed by atoms with van der Waals surface area (Å²) in [5.74, 6) is 0.305. The van der Waals surface area contributed by atoms with Crippen molar-refractivity contribution < 1.29 is 4.79 Å². The van der Waals surface area contributed by atoms with Gasteiger partial charge in [-0.15, -0.1) is 0 Å². The Labute approximate surface area is 92.3 Å². The number of nitrogens with two attached hydrogens (primary N) is 1. The molecule has 86 valence electrons. The normalized spacial score (nSPS) is 16.4. The van der Waals surface area contributed by atoms with Crippen molar-refractivity contribution in [2.24, 2.45) is 5.73 Å². The highest BCUT2D eigenvalue weighted by atomic mass is 16.2. The fourth-order valence-electron chi connectivity index (χ4n) is 1.88. The van der Waals surface area contributed by atoms with E-state index in [1.807, 2.05) is 4.90 Å². The maximum absolute atomic E-state index is 11.8. The van der Waals surface area contributed by atoms with Gasteiger partial charge in [-0.05, 0) is 32.7 Å². The van der Waals surface area contributed by atoms with Crippen LogP contribution in [-0.2, 0) is 4.79 Å². The minimum absolute atomic E-state index is 0.305. The van der Waals surface area contributed by atoms with Crippen LogP contribution in [0.15, 0.2) is 11.6 Å². The molecule has 0 saturated carbocycles. The van der Waals surface area contributed by atoms with Crippen LogP contribution in [0.25, 0.3) is 0 Å². The topological polar surface area (TPSA) is 46.3 Å². The molecule has 1 heterocycles. The summed E-state index contributed by atoms with van der Waals surface area (Å²) in [5, 5.41) is 0. The zero-order valence-corrected chi connectivity index (χ0v) is 9.67. The summed E-state index contributed by atoms with van der Waals surface area (Å²) in [5.41, 5.74) is 6.72. The average molecular weight is 210 g/mol. The molecule has 0 aromatic rings. The van der Waals surface area contributed by atoms with Gasteiger partial charge in [0.2, 0.25) is 5.91 Å². The smallest absolute Gasteiger partial charge is 0.222 e. The minimum atomic E-state index is 0.305. The molecule has 15 heavy (non-hydrogen) atoms. The van der Waals surface area contributed by atoms with Crippen molar-refractivity contribution in [1.82, 2.24) is 4.90 Å². The lowest BCUT2D eigenvalue weighted by Crippen LogP contribution is -2.35. The molecular weight excluding hydrogens is 188 g/mol. The van der Waals surface area contributed by atoms with Crippen LogP contribution >= 0.6 is 0 Å². The molecule has 1 rings (SSSR count). The maximum Gasteiger partial charge on any atom is 0.222 e. The van der Waals surface area contributed by atoms with Crippen LogP contribution in [0, 0.1) is 0 Å². The SMILES string of the molecule is CC1=CCCN(C(=O)CCCCCN)C1. The number of carbonyl (C=O) groups is 1. The van der Waals surface area contributed by atoms with Crippen molar-refractivity contribution in [3.63, 3.8) is 0 Å². The molecule has 0 fully saturated rings. The van der Waals surface area contributed by atoms with Crippen molar-refractivity contribution in [3.8, 4) is 0 Å². The largest absolute Gasteiger partial charge is 0.338 e. The highest BCUT2D eigenvalue weighted by molar-refractivity contribution is 5.76. The predicted molar refractivity (Wildman–Crippen MR) is 62.5 cm³/mol. The van der Waals surface area contributed by atoms with Gasteiger partial charge in [-0.2, -0.15) is 0 Å². The lowest BCUT2D eigenvalue weighted by Gasteiger charge is -2.26. The molecule has 0 radical (unpaired) electrons. The van der Waals surface area contributed by atoms with Gasteiger partial charge in [0.15, 0.2) is 0 Å².